The second-order valence-electron chi connectivity index (χ2n) is 28.2. The minimum Gasteiger partial charge on any atom is -0.481 e. The molecule has 0 aromatic heterocycles. The zero-order valence-corrected chi connectivity index (χ0v) is 49.8. The van der Waals surface area contributed by atoms with Crippen LogP contribution in [0.2, 0.25) is 0 Å². The van der Waals surface area contributed by atoms with Crippen molar-refractivity contribution in [2.24, 2.45) is 50.2 Å². The molecule has 0 spiro atoms. The molecule has 5 saturated heterocycles. The van der Waals surface area contributed by atoms with Gasteiger partial charge in [-0.15, -0.1) is 0 Å². The number of hydrogen-bond acceptors (Lipinski definition) is 25. The normalized spacial score (nSPS) is 53.4. The molecule has 0 amide bonds. The number of carboxylic acids is 1. The lowest BCUT2D eigenvalue weighted by atomic mass is 9.33. The van der Waals surface area contributed by atoms with Gasteiger partial charge in [-0.3, -0.25) is 9.59 Å². The van der Waals surface area contributed by atoms with Gasteiger partial charge in [-0.1, -0.05) is 53.2 Å². The second kappa shape index (κ2) is 24.4. The molecule has 9 fully saturated rings. The largest absolute Gasteiger partial charge is 0.481 e. The van der Waals surface area contributed by atoms with Gasteiger partial charge in [0.1, 0.15) is 91.6 Å². The third-order valence-corrected chi connectivity index (χ3v) is 22.8. The molecule has 31 unspecified atom stereocenters. The van der Waals surface area contributed by atoms with E-state index in [0.29, 0.717) is 32.1 Å². The van der Waals surface area contributed by atoms with Gasteiger partial charge in [0.15, 0.2) is 37.6 Å². The molecule has 0 radical (unpaired) electrons. The zero-order chi connectivity index (χ0) is 61.8. The van der Waals surface area contributed by atoms with Crippen molar-refractivity contribution < 1.29 is 128 Å². The van der Waals surface area contributed by atoms with Gasteiger partial charge in [0, 0.05) is 12.3 Å². The average molecular weight is 1220 g/mol. The summed E-state index contributed by atoms with van der Waals surface area (Å²) >= 11 is 0. The van der Waals surface area contributed by atoms with Crippen molar-refractivity contribution in [3.8, 4) is 0 Å². The lowest BCUT2D eigenvalue weighted by molar-refractivity contribution is -0.395. The number of esters is 1. The van der Waals surface area contributed by atoms with Crippen LogP contribution in [0.15, 0.2) is 11.6 Å². The first-order chi connectivity index (χ1) is 39.9. The predicted octanol–water partition coefficient (Wildman–Crippen LogP) is -1.16. The first-order valence-electron chi connectivity index (χ1n) is 30.5. The Morgan fingerprint density at radius 1 is 0.588 bits per heavy atom. The molecule has 26 heteroatoms. The minimum atomic E-state index is -1.98. The van der Waals surface area contributed by atoms with E-state index in [-0.39, 0.29) is 46.0 Å². The Bertz CT molecular complexity index is 2400. The van der Waals surface area contributed by atoms with Crippen LogP contribution in [0.3, 0.4) is 0 Å². The molecule has 26 nitrogen and oxygen atoms in total. The fourth-order valence-electron chi connectivity index (χ4n) is 17.5. The maximum atomic E-state index is 13.3. The molecule has 486 valence electrons. The van der Waals surface area contributed by atoms with Crippen molar-refractivity contribution in [1.82, 2.24) is 0 Å². The van der Waals surface area contributed by atoms with Crippen LogP contribution < -0.4 is 0 Å². The summed E-state index contributed by atoms with van der Waals surface area (Å²) in [5, 5.41) is 145. The van der Waals surface area contributed by atoms with E-state index in [4.69, 9.17) is 52.1 Å². The highest BCUT2D eigenvalue weighted by Gasteiger charge is 2.70. The van der Waals surface area contributed by atoms with Crippen LogP contribution in [0.25, 0.3) is 0 Å². The Kier molecular flexibility index (Phi) is 18.9. The van der Waals surface area contributed by atoms with Gasteiger partial charge in [-0.05, 0) is 111 Å². The van der Waals surface area contributed by atoms with Gasteiger partial charge < -0.3 is 118 Å². The molecule has 4 saturated carbocycles. The first-order valence-corrected chi connectivity index (χ1v) is 30.5. The van der Waals surface area contributed by atoms with Crippen LogP contribution in [-0.4, -0.2) is 253 Å². The highest BCUT2D eigenvalue weighted by molar-refractivity contribution is 5.76. The minimum absolute atomic E-state index is 0.00656. The average Bonchev–Trinajstić information content (AvgIpc) is 3.45. The molecule has 0 aromatic rings. The maximum absolute atomic E-state index is 13.3. The Labute approximate surface area is 494 Å². The number of carbonyl (C=O) groups excluding carboxylic acids is 1. The summed E-state index contributed by atoms with van der Waals surface area (Å²) in [6.45, 7) is 13.7. The van der Waals surface area contributed by atoms with E-state index in [1.54, 1.807) is 0 Å². The lowest BCUT2D eigenvalue weighted by Gasteiger charge is -2.71. The summed E-state index contributed by atoms with van der Waals surface area (Å²) < 4.78 is 65.6. The molecule has 13 N–H and O–H groups in total. The molecule has 10 rings (SSSR count). The summed E-state index contributed by atoms with van der Waals surface area (Å²) in [5.74, 6) is -1.60. The van der Waals surface area contributed by atoms with Crippen molar-refractivity contribution >= 4 is 11.9 Å². The summed E-state index contributed by atoms with van der Waals surface area (Å²) in [7, 11) is 0. The van der Waals surface area contributed by atoms with Gasteiger partial charge in [-0.25, -0.2) is 0 Å². The molecule has 0 aromatic carbocycles. The van der Waals surface area contributed by atoms with Crippen LogP contribution in [0.4, 0.5) is 0 Å². The zero-order valence-electron chi connectivity index (χ0n) is 49.8. The molecular formula is C59H94O26. The predicted molar refractivity (Wildman–Crippen MR) is 287 cm³/mol. The maximum Gasteiger partial charge on any atom is 0.310 e. The van der Waals surface area contributed by atoms with E-state index >= 15 is 0 Å². The number of aliphatic hydroxyl groups is 12. The topological polar surface area (TPSA) is 399 Å². The molecule has 5 aliphatic carbocycles. The first kappa shape index (κ1) is 65.7. The number of carbonyl (C=O) groups is 2. The van der Waals surface area contributed by atoms with E-state index in [1.165, 1.54) is 12.5 Å². The fourth-order valence-corrected chi connectivity index (χ4v) is 17.5. The second-order valence-corrected chi connectivity index (χ2v) is 28.2. The number of carboxylic acid groups (broad SMARTS) is 1. The summed E-state index contributed by atoms with van der Waals surface area (Å²) in [5.41, 5.74) is -1.37. The van der Waals surface area contributed by atoms with E-state index in [2.05, 4.69) is 40.7 Å². The number of hydrogen-bond donors (Lipinski definition) is 13. The van der Waals surface area contributed by atoms with Crippen molar-refractivity contribution in [1.29, 1.82) is 0 Å². The smallest absolute Gasteiger partial charge is 0.310 e. The fraction of sp³-hybridized carbons (Fsp3) is 0.932. The third-order valence-electron chi connectivity index (χ3n) is 22.8. The molecule has 5 aliphatic heterocycles. The summed E-state index contributed by atoms with van der Waals surface area (Å²) in [4.78, 5) is 25.0. The number of aliphatic hydroxyl groups excluding tert-OH is 12. The summed E-state index contributed by atoms with van der Waals surface area (Å²) in [6.07, 6.45) is -27.9. The number of aliphatic carboxylic acids is 1. The van der Waals surface area contributed by atoms with Crippen molar-refractivity contribution in [2.45, 2.75) is 261 Å². The van der Waals surface area contributed by atoms with Crippen molar-refractivity contribution in [3.63, 3.8) is 0 Å². The van der Waals surface area contributed by atoms with Gasteiger partial charge in [-0.2, -0.15) is 0 Å². The lowest BCUT2D eigenvalue weighted by Crippen LogP contribution is -2.68. The van der Waals surface area contributed by atoms with Crippen LogP contribution >= 0.6 is 0 Å². The Morgan fingerprint density at radius 3 is 1.87 bits per heavy atom. The molecule has 85 heavy (non-hydrogen) atoms. The van der Waals surface area contributed by atoms with Crippen LogP contribution in [-0.2, 0) is 61.7 Å². The summed E-state index contributed by atoms with van der Waals surface area (Å²) in [6, 6.07) is 0. The molecule has 0 bridgehead atoms. The Morgan fingerprint density at radius 2 is 1.19 bits per heavy atom. The highest BCUT2D eigenvalue weighted by Crippen LogP contribution is 2.76. The molecular weight excluding hydrogens is 1120 g/mol. The highest BCUT2D eigenvalue weighted by atomic mass is 16.8. The number of allylic oxidation sites excluding steroid dienone is 2. The third kappa shape index (κ3) is 11.4. The van der Waals surface area contributed by atoms with E-state index < -0.39 is 191 Å². The van der Waals surface area contributed by atoms with E-state index in [0.717, 1.165) is 39.0 Å². The number of ether oxygens (including phenoxy) is 11. The SMILES string of the molecule is CC(=O)OC1C(O)COC(OC2C(C)OC(OC3C(OC4C(OC5CCC6(C)C(CCC7(C)C6CC=C6C8CC(C)(C)CCC8(C(=O)O)CCC67C)C5(C)CO)OC(COC5OCC(O)C(O)C5O)C(O)C4O)OCC(O)C3O)C(O)C2O)C1O. The van der Waals surface area contributed by atoms with E-state index in [1.807, 2.05) is 6.92 Å². The Balaban J connectivity index is 0.899. The van der Waals surface area contributed by atoms with Crippen molar-refractivity contribution in [3.05, 3.63) is 11.6 Å². The quantitative estimate of drug-likeness (QED) is 0.0554. The van der Waals surface area contributed by atoms with Crippen LogP contribution in [0.1, 0.15) is 120 Å². The van der Waals surface area contributed by atoms with Gasteiger partial charge >= 0.3 is 11.9 Å². The van der Waals surface area contributed by atoms with Crippen LogP contribution in [0, 0.1) is 50.2 Å². The van der Waals surface area contributed by atoms with Crippen LogP contribution in [0.5, 0.6) is 0 Å². The number of rotatable bonds is 14. The van der Waals surface area contributed by atoms with Crippen molar-refractivity contribution in [2.75, 3.05) is 33.0 Å². The molecule has 10 aliphatic rings. The van der Waals surface area contributed by atoms with E-state index in [9.17, 15) is 76.0 Å². The Hall–Kier alpha value is -2.20. The molecule has 31 atom stereocenters. The van der Waals surface area contributed by atoms with Gasteiger partial charge in [0.2, 0.25) is 0 Å². The van der Waals surface area contributed by atoms with Gasteiger partial charge in [0.05, 0.1) is 50.7 Å². The van der Waals surface area contributed by atoms with Gasteiger partial charge in [0.25, 0.3) is 0 Å². The number of fused-ring (bicyclic) bond motifs is 7. The standard InChI is InChI=1S/C59H94O26/c1-25-44(83-49-43(72)45(80-26(2)61)31(64)22-76-49)40(69)42(71)50(79-25)84-46-37(66)30(63)21-77-51(46)85-47-39(68)38(67)32(23-78-48-41(70)36(65)29(62)20-75-48)81-52(47)82-35-12-13-55(5)33(56(35,6)24-60)11-14-58(8)34(55)10-9-27-28-19-54(3,4)15-17-59(28,53(73)74)18-16-57(27,58)7/h9,25,28-52,60,62-72H,10-24H2,1-8H3,(H,73,74). The molecule has 5 heterocycles. The monoisotopic (exact) mass is 1220 g/mol.